The van der Waals surface area contributed by atoms with E-state index in [9.17, 15) is 19.7 Å². The number of benzene rings is 1. The number of rotatable bonds is 4. The van der Waals surface area contributed by atoms with Gasteiger partial charge in [-0.2, -0.15) is 0 Å². The van der Waals surface area contributed by atoms with Crippen molar-refractivity contribution in [2.24, 2.45) is 5.73 Å². The number of carbonyl (C=O) groups is 2. The molecule has 9 nitrogen and oxygen atoms in total. The molecule has 1 aromatic rings. The van der Waals surface area contributed by atoms with Crippen molar-refractivity contribution in [3.8, 4) is 0 Å². The van der Waals surface area contributed by atoms with Crippen molar-refractivity contribution in [1.29, 1.82) is 0 Å². The van der Waals surface area contributed by atoms with E-state index in [2.05, 4.69) is 0 Å². The number of amides is 1. The van der Waals surface area contributed by atoms with Crippen LogP contribution in [0.15, 0.2) is 30.4 Å². The topological polar surface area (TPSA) is 136 Å². The average molecular weight is 307 g/mol. The standard InChI is InChI=1S/C13H13N3O6/c1-7-2-5-11(13(18)19)22-15(7)9-4-3-8(12(14)17)6-10(9)16(20)21/h2-7,11H,1H3,(H2,14,17)(H,18,19). The van der Waals surface area contributed by atoms with E-state index >= 15 is 0 Å². The smallest absolute Gasteiger partial charge is 0.339 e. The van der Waals surface area contributed by atoms with Crippen molar-refractivity contribution in [2.45, 2.75) is 19.1 Å². The number of nitro groups is 1. The van der Waals surface area contributed by atoms with E-state index in [1.807, 2.05) is 0 Å². The normalized spacial score (nSPS) is 20.7. The molecule has 2 rings (SSSR count). The fourth-order valence-electron chi connectivity index (χ4n) is 2.01. The molecule has 0 spiro atoms. The first-order valence-corrected chi connectivity index (χ1v) is 6.26. The third kappa shape index (κ3) is 2.88. The van der Waals surface area contributed by atoms with Gasteiger partial charge < -0.3 is 10.8 Å². The van der Waals surface area contributed by atoms with Crippen LogP contribution in [0.25, 0.3) is 0 Å². The van der Waals surface area contributed by atoms with E-state index in [0.29, 0.717) is 0 Å². The van der Waals surface area contributed by atoms with Crippen LogP contribution in [-0.4, -0.2) is 34.1 Å². The van der Waals surface area contributed by atoms with Gasteiger partial charge in [-0.1, -0.05) is 6.08 Å². The Hall–Kier alpha value is -2.94. The number of nitro benzene ring substituents is 1. The van der Waals surface area contributed by atoms with Gasteiger partial charge in [0.05, 0.1) is 11.0 Å². The maximum atomic E-state index is 11.2. The fraction of sp³-hybridized carbons (Fsp3) is 0.231. The molecule has 0 saturated heterocycles. The summed E-state index contributed by atoms with van der Waals surface area (Å²) >= 11 is 0. The molecule has 2 unspecified atom stereocenters. The van der Waals surface area contributed by atoms with Crippen LogP contribution in [0.3, 0.4) is 0 Å². The number of nitrogens with zero attached hydrogens (tertiary/aromatic N) is 2. The van der Waals surface area contributed by atoms with Gasteiger partial charge in [0.15, 0.2) is 0 Å². The molecule has 0 radical (unpaired) electrons. The molecule has 1 heterocycles. The lowest BCUT2D eigenvalue weighted by molar-refractivity contribution is -0.384. The van der Waals surface area contributed by atoms with E-state index in [-0.39, 0.29) is 11.3 Å². The quantitative estimate of drug-likeness (QED) is 0.478. The van der Waals surface area contributed by atoms with Gasteiger partial charge in [-0.05, 0) is 25.1 Å². The number of aliphatic carboxylic acids is 1. The second-order valence-electron chi connectivity index (χ2n) is 4.64. The lowest BCUT2D eigenvalue weighted by Crippen LogP contribution is -2.42. The summed E-state index contributed by atoms with van der Waals surface area (Å²) in [5.74, 6) is -2.02. The number of anilines is 1. The molecule has 1 aliphatic heterocycles. The van der Waals surface area contributed by atoms with Crippen LogP contribution in [0, 0.1) is 10.1 Å². The van der Waals surface area contributed by atoms with Crippen LogP contribution in [0.1, 0.15) is 17.3 Å². The number of primary amides is 1. The first-order valence-electron chi connectivity index (χ1n) is 6.26. The molecule has 0 aromatic heterocycles. The average Bonchev–Trinajstić information content (AvgIpc) is 2.46. The Kier molecular flexibility index (Phi) is 4.08. The SMILES string of the molecule is CC1C=CC(C(=O)O)ON1c1ccc(C(N)=O)cc1[N+](=O)[O-]. The van der Waals surface area contributed by atoms with Crippen LogP contribution in [0.2, 0.25) is 0 Å². The summed E-state index contributed by atoms with van der Waals surface area (Å²) in [6.07, 6.45) is 1.67. The van der Waals surface area contributed by atoms with Crippen molar-refractivity contribution in [3.05, 3.63) is 46.0 Å². The summed E-state index contributed by atoms with van der Waals surface area (Å²) in [4.78, 5) is 37.9. The highest BCUT2D eigenvalue weighted by Gasteiger charge is 2.31. The van der Waals surface area contributed by atoms with Gasteiger partial charge in [0.1, 0.15) is 5.69 Å². The van der Waals surface area contributed by atoms with E-state index in [4.69, 9.17) is 15.7 Å². The first-order chi connectivity index (χ1) is 10.3. The van der Waals surface area contributed by atoms with Gasteiger partial charge in [0, 0.05) is 11.6 Å². The maximum Gasteiger partial charge on any atom is 0.339 e. The minimum absolute atomic E-state index is 0.0227. The van der Waals surface area contributed by atoms with Gasteiger partial charge in [-0.15, -0.1) is 0 Å². The summed E-state index contributed by atoms with van der Waals surface area (Å²) in [6.45, 7) is 1.68. The second kappa shape index (κ2) is 5.82. The highest BCUT2D eigenvalue weighted by atomic mass is 16.7. The molecule has 0 aliphatic carbocycles. The van der Waals surface area contributed by atoms with Gasteiger partial charge >= 0.3 is 5.97 Å². The number of hydrogen-bond acceptors (Lipinski definition) is 6. The number of hydrogen-bond donors (Lipinski definition) is 2. The van der Waals surface area contributed by atoms with Crippen LogP contribution < -0.4 is 10.8 Å². The van der Waals surface area contributed by atoms with E-state index in [1.165, 1.54) is 18.2 Å². The van der Waals surface area contributed by atoms with Crippen LogP contribution >= 0.6 is 0 Å². The molecular weight excluding hydrogens is 294 g/mol. The van der Waals surface area contributed by atoms with Gasteiger partial charge in [0.2, 0.25) is 12.0 Å². The third-order valence-electron chi connectivity index (χ3n) is 3.10. The summed E-state index contributed by atoms with van der Waals surface area (Å²) in [5.41, 5.74) is 4.72. The minimum atomic E-state index is -1.24. The highest BCUT2D eigenvalue weighted by Crippen LogP contribution is 2.33. The van der Waals surface area contributed by atoms with E-state index < -0.39 is 34.6 Å². The summed E-state index contributed by atoms with van der Waals surface area (Å²) < 4.78 is 0. The molecular formula is C13H13N3O6. The zero-order chi connectivity index (χ0) is 16.4. The molecule has 116 valence electrons. The summed E-state index contributed by atoms with van der Waals surface area (Å²) in [7, 11) is 0. The zero-order valence-electron chi connectivity index (χ0n) is 11.5. The lowest BCUT2D eigenvalue weighted by atomic mass is 10.1. The molecule has 2 atom stereocenters. The predicted molar refractivity (Wildman–Crippen MR) is 75.2 cm³/mol. The van der Waals surface area contributed by atoms with Crippen molar-refractivity contribution in [2.75, 3.05) is 5.06 Å². The Morgan fingerprint density at radius 3 is 2.64 bits per heavy atom. The maximum absolute atomic E-state index is 11.2. The largest absolute Gasteiger partial charge is 0.479 e. The highest BCUT2D eigenvalue weighted by molar-refractivity contribution is 5.94. The molecule has 9 heteroatoms. The van der Waals surface area contributed by atoms with Crippen molar-refractivity contribution < 1.29 is 24.5 Å². The third-order valence-corrected chi connectivity index (χ3v) is 3.10. The predicted octanol–water partition coefficient (Wildman–Crippen LogP) is 0.843. The molecule has 0 bridgehead atoms. The Morgan fingerprint density at radius 1 is 1.41 bits per heavy atom. The first kappa shape index (κ1) is 15.4. The summed E-state index contributed by atoms with van der Waals surface area (Å²) in [5, 5.41) is 21.3. The molecule has 3 N–H and O–H groups in total. The van der Waals surface area contributed by atoms with Gasteiger partial charge in [-0.3, -0.25) is 19.7 Å². The van der Waals surface area contributed by atoms with Crippen LogP contribution in [0.4, 0.5) is 11.4 Å². The van der Waals surface area contributed by atoms with Crippen LogP contribution in [-0.2, 0) is 9.63 Å². The monoisotopic (exact) mass is 307 g/mol. The van der Waals surface area contributed by atoms with Crippen molar-refractivity contribution in [3.63, 3.8) is 0 Å². The van der Waals surface area contributed by atoms with Crippen molar-refractivity contribution in [1.82, 2.24) is 0 Å². The molecule has 0 fully saturated rings. The molecule has 1 aromatic carbocycles. The number of carboxylic acid groups (broad SMARTS) is 1. The lowest BCUT2D eigenvalue weighted by Gasteiger charge is -2.33. The molecule has 0 saturated carbocycles. The Bertz CT molecular complexity index is 672. The number of nitrogens with two attached hydrogens (primary N) is 1. The number of carbonyl (C=O) groups excluding carboxylic acids is 1. The van der Waals surface area contributed by atoms with Gasteiger partial charge in [-0.25, -0.2) is 9.86 Å². The van der Waals surface area contributed by atoms with Gasteiger partial charge in [0.25, 0.3) is 5.69 Å². The number of hydroxylamine groups is 1. The minimum Gasteiger partial charge on any atom is -0.479 e. The molecule has 1 amide bonds. The second-order valence-corrected chi connectivity index (χ2v) is 4.64. The fourth-order valence-corrected chi connectivity index (χ4v) is 2.01. The Balaban J connectivity index is 2.47. The van der Waals surface area contributed by atoms with E-state index in [1.54, 1.807) is 13.0 Å². The molecule has 1 aliphatic rings. The summed E-state index contributed by atoms with van der Waals surface area (Å²) in [6, 6.07) is 3.22. The van der Waals surface area contributed by atoms with Crippen LogP contribution in [0.5, 0.6) is 0 Å². The Morgan fingerprint density at radius 2 is 2.09 bits per heavy atom. The van der Waals surface area contributed by atoms with Crippen molar-refractivity contribution >= 4 is 23.3 Å². The Labute approximate surface area is 124 Å². The molecule has 22 heavy (non-hydrogen) atoms. The zero-order valence-corrected chi connectivity index (χ0v) is 11.5. The number of carboxylic acids is 1. The van der Waals surface area contributed by atoms with E-state index in [0.717, 1.165) is 11.1 Å².